The van der Waals surface area contributed by atoms with Crippen molar-refractivity contribution in [3.63, 3.8) is 0 Å². The standard InChI is InChI=1S/C14H13FN2S/c1-9-6-7-12(10(8-9)14(16)18)17-13-5-3-2-4-11(13)15/h2-8,17H,1H3,(H2,16,18). The van der Waals surface area contributed by atoms with E-state index in [9.17, 15) is 4.39 Å². The first-order valence-electron chi connectivity index (χ1n) is 5.50. The summed E-state index contributed by atoms with van der Waals surface area (Å²) in [5.41, 5.74) is 8.55. The lowest BCUT2D eigenvalue weighted by atomic mass is 10.1. The van der Waals surface area contributed by atoms with Gasteiger partial charge in [-0.05, 0) is 31.2 Å². The minimum atomic E-state index is -0.313. The summed E-state index contributed by atoms with van der Waals surface area (Å²) in [4.78, 5) is 0.289. The van der Waals surface area contributed by atoms with Gasteiger partial charge in [0.2, 0.25) is 0 Å². The molecule has 0 saturated heterocycles. The molecule has 0 unspecified atom stereocenters. The van der Waals surface area contributed by atoms with Crippen LogP contribution in [0.2, 0.25) is 0 Å². The highest BCUT2D eigenvalue weighted by Crippen LogP contribution is 2.23. The largest absolute Gasteiger partial charge is 0.389 e. The number of hydrogen-bond acceptors (Lipinski definition) is 2. The highest BCUT2D eigenvalue weighted by Gasteiger charge is 2.07. The van der Waals surface area contributed by atoms with Gasteiger partial charge in [-0.3, -0.25) is 0 Å². The molecule has 0 aliphatic heterocycles. The van der Waals surface area contributed by atoms with Crippen molar-refractivity contribution < 1.29 is 4.39 Å². The predicted octanol–water partition coefficient (Wildman–Crippen LogP) is 3.51. The molecule has 0 heterocycles. The maximum absolute atomic E-state index is 13.6. The fourth-order valence-electron chi connectivity index (χ4n) is 1.68. The molecule has 0 amide bonds. The van der Waals surface area contributed by atoms with Crippen LogP contribution in [0.15, 0.2) is 42.5 Å². The Morgan fingerprint density at radius 1 is 1.17 bits per heavy atom. The Morgan fingerprint density at radius 3 is 2.56 bits per heavy atom. The zero-order valence-electron chi connectivity index (χ0n) is 9.91. The van der Waals surface area contributed by atoms with Crippen molar-refractivity contribution in [2.45, 2.75) is 6.92 Å². The molecule has 2 nitrogen and oxygen atoms in total. The lowest BCUT2D eigenvalue weighted by Crippen LogP contribution is -2.12. The molecule has 0 aromatic heterocycles. The van der Waals surface area contributed by atoms with Gasteiger partial charge in [0.25, 0.3) is 0 Å². The number of nitrogens with one attached hydrogen (secondary N) is 1. The van der Waals surface area contributed by atoms with Gasteiger partial charge in [0, 0.05) is 11.3 Å². The second-order valence-electron chi connectivity index (χ2n) is 4.02. The third kappa shape index (κ3) is 2.65. The number of anilines is 2. The second kappa shape index (κ2) is 5.14. The summed E-state index contributed by atoms with van der Waals surface area (Å²) in [6, 6.07) is 12.1. The van der Waals surface area contributed by atoms with Gasteiger partial charge in [-0.25, -0.2) is 4.39 Å². The van der Waals surface area contributed by atoms with Crippen molar-refractivity contribution in [2.75, 3.05) is 5.32 Å². The van der Waals surface area contributed by atoms with Crippen LogP contribution in [0.1, 0.15) is 11.1 Å². The molecule has 92 valence electrons. The average molecular weight is 260 g/mol. The number of thiocarbonyl (C=S) groups is 1. The van der Waals surface area contributed by atoms with E-state index < -0.39 is 0 Å². The quantitative estimate of drug-likeness (QED) is 0.829. The van der Waals surface area contributed by atoms with E-state index in [-0.39, 0.29) is 10.8 Å². The van der Waals surface area contributed by atoms with Gasteiger partial charge in [-0.2, -0.15) is 0 Å². The number of hydrogen-bond donors (Lipinski definition) is 2. The summed E-state index contributed by atoms with van der Waals surface area (Å²) >= 11 is 5.00. The summed E-state index contributed by atoms with van der Waals surface area (Å²) < 4.78 is 13.6. The molecule has 0 radical (unpaired) electrons. The van der Waals surface area contributed by atoms with E-state index >= 15 is 0 Å². The molecule has 0 fully saturated rings. The predicted molar refractivity (Wildman–Crippen MR) is 76.7 cm³/mol. The molecular formula is C14H13FN2S. The lowest BCUT2D eigenvalue weighted by molar-refractivity contribution is 0.632. The fraction of sp³-hybridized carbons (Fsp3) is 0.0714. The van der Waals surface area contributed by atoms with Crippen LogP contribution in [0.25, 0.3) is 0 Å². The zero-order chi connectivity index (χ0) is 13.1. The van der Waals surface area contributed by atoms with E-state index in [0.29, 0.717) is 16.9 Å². The van der Waals surface area contributed by atoms with Gasteiger partial charge in [0.05, 0.1) is 5.69 Å². The third-order valence-electron chi connectivity index (χ3n) is 2.58. The molecule has 0 atom stereocenters. The lowest BCUT2D eigenvalue weighted by Gasteiger charge is -2.12. The van der Waals surface area contributed by atoms with Crippen LogP contribution in [-0.4, -0.2) is 4.99 Å². The van der Waals surface area contributed by atoms with Gasteiger partial charge in [0.15, 0.2) is 0 Å². The Morgan fingerprint density at radius 2 is 1.89 bits per heavy atom. The Hall–Kier alpha value is -1.94. The van der Waals surface area contributed by atoms with E-state index in [1.165, 1.54) is 6.07 Å². The maximum Gasteiger partial charge on any atom is 0.146 e. The number of nitrogens with two attached hydrogens (primary N) is 1. The summed E-state index contributed by atoms with van der Waals surface area (Å²) in [6.07, 6.45) is 0. The molecule has 0 spiro atoms. The Bertz CT molecular complexity index is 596. The highest BCUT2D eigenvalue weighted by atomic mass is 32.1. The van der Waals surface area contributed by atoms with E-state index in [1.54, 1.807) is 18.2 Å². The van der Waals surface area contributed by atoms with E-state index in [1.807, 2.05) is 25.1 Å². The number of para-hydroxylation sites is 1. The van der Waals surface area contributed by atoms with Gasteiger partial charge < -0.3 is 11.1 Å². The summed E-state index contributed by atoms with van der Waals surface area (Å²) in [5.74, 6) is -0.313. The van der Waals surface area contributed by atoms with Gasteiger partial charge in [0.1, 0.15) is 10.8 Å². The molecule has 4 heteroatoms. The molecule has 2 rings (SSSR count). The Kier molecular flexibility index (Phi) is 3.58. The monoisotopic (exact) mass is 260 g/mol. The van der Waals surface area contributed by atoms with Crippen LogP contribution in [0.3, 0.4) is 0 Å². The number of halogens is 1. The number of rotatable bonds is 3. The van der Waals surface area contributed by atoms with Gasteiger partial charge in [-0.1, -0.05) is 36.0 Å². The molecule has 0 aliphatic rings. The van der Waals surface area contributed by atoms with E-state index in [0.717, 1.165) is 5.56 Å². The Balaban J connectivity index is 2.41. The Labute approximate surface area is 111 Å². The van der Waals surface area contributed by atoms with Crippen LogP contribution in [0.5, 0.6) is 0 Å². The normalized spacial score (nSPS) is 10.1. The highest BCUT2D eigenvalue weighted by molar-refractivity contribution is 7.80. The van der Waals surface area contributed by atoms with E-state index in [2.05, 4.69) is 5.32 Å². The first kappa shape index (κ1) is 12.5. The van der Waals surface area contributed by atoms with Crippen molar-refractivity contribution >= 4 is 28.6 Å². The smallest absolute Gasteiger partial charge is 0.146 e. The van der Waals surface area contributed by atoms with Gasteiger partial charge in [-0.15, -0.1) is 0 Å². The van der Waals surface area contributed by atoms with Crippen molar-refractivity contribution in [2.24, 2.45) is 5.73 Å². The summed E-state index contributed by atoms with van der Waals surface area (Å²) in [5, 5.41) is 3.01. The molecular weight excluding hydrogens is 247 g/mol. The third-order valence-corrected chi connectivity index (χ3v) is 2.80. The minimum Gasteiger partial charge on any atom is -0.389 e. The van der Waals surface area contributed by atoms with Crippen LogP contribution in [0.4, 0.5) is 15.8 Å². The molecule has 0 aliphatic carbocycles. The average Bonchev–Trinajstić information content (AvgIpc) is 2.34. The first-order valence-corrected chi connectivity index (χ1v) is 5.91. The number of benzene rings is 2. The molecule has 0 bridgehead atoms. The minimum absolute atomic E-state index is 0.289. The zero-order valence-corrected chi connectivity index (χ0v) is 10.7. The first-order chi connectivity index (χ1) is 8.58. The van der Waals surface area contributed by atoms with Crippen molar-refractivity contribution in [3.05, 3.63) is 59.4 Å². The van der Waals surface area contributed by atoms with Crippen molar-refractivity contribution in [3.8, 4) is 0 Å². The molecule has 0 saturated carbocycles. The topological polar surface area (TPSA) is 38.0 Å². The SMILES string of the molecule is Cc1ccc(Nc2ccccc2F)c(C(N)=S)c1. The van der Waals surface area contributed by atoms with Crippen LogP contribution >= 0.6 is 12.2 Å². The molecule has 2 aromatic rings. The summed E-state index contributed by atoms with van der Waals surface area (Å²) in [6.45, 7) is 1.95. The number of aryl methyl sites for hydroxylation is 1. The van der Waals surface area contributed by atoms with Crippen LogP contribution < -0.4 is 11.1 Å². The molecule has 18 heavy (non-hydrogen) atoms. The maximum atomic E-state index is 13.6. The molecule has 3 N–H and O–H groups in total. The second-order valence-corrected chi connectivity index (χ2v) is 4.46. The summed E-state index contributed by atoms with van der Waals surface area (Å²) in [7, 11) is 0. The fourth-order valence-corrected chi connectivity index (χ4v) is 1.85. The van der Waals surface area contributed by atoms with E-state index in [4.69, 9.17) is 18.0 Å². The van der Waals surface area contributed by atoms with Crippen molar-refractivity contribution in [1.29, 1.82) is 0 Å². The van der Waals surface area contributed by atoms with Gasteiger partial charge >= 0.3 is 0 Å². The molecule has 2 aromatic carbocycles. The van der Waals surface area contributed by atoms with Crippen LogP contribution in [-0.2, 0) is 0 Å². The van der Waals surface area contributed by atoms with Crippen molar-refractivity contribution in [1.82, 2.24) is 0 Å². The van der Waals surface area contributed by atoms with Crippen LogP contribution in [0, 0.1) is 12.7 Å².